The van der Waals surface area contributed by atoms with Crippen LogP contribution in [0.2, 0.25) is 0 Å². The molecule has 4 rings (SSSR count). The zero-order valence-electron chi connectivity index (χ0n) is 17.8. The predicted molar refractivity (Wildman–Crippen MR) is 121 cm³/mol. The van der Waals surface area contributed by atoms with E-state index in [1.54, 1.807) is 30.5 Å². The Hall–Kier alpha value is -4.48. The van der Waals surface area contributed by atoms with Crippen LogP contribution in [0.15, 0.2) is 55.0 Å². The van der Waals surface area contributed by atoms with Crippen molar-refractivity contribution in [3.8, 4) is 5.75 Å². The second kappa shape index (κ2) is 9.77. The molecule has 0 atom stereocenters. The topological polar surface area (TPSA) is 139 Å². The van der Waals surface area contributed by atoms with Crippen LogP contribution < -0.4 is 25.4 Å². The zero-order chi connectivity index (χ0) is 23.2. The van der Waals surface area contributed by atoms with Gasteiger partial charge in [0.25, 0.3) is 5.91 Å². The number of hydrazine groups is 1. The molecular weight excluding hydrogens is 428 g/mol. The van der Waals surface area contributed by atoms with E-state index in [9.17, 15) is 14.9 Å². The predicted octanol–water partition coefficient (Wildman–Crippen LogP) is 1.87. The van der Waals surface area contributed by atoms with Crippen molar-refractivity contribution in [1.82, 2.24) is 20.4 Å². The SMILES string of the molecule is COc1ccc(C(=O)NNc2ncnc(N3CCN(c4ccccn4)CC3)c2[N+](=O)[O-])cc1. The van der Waals surface area contributed by atoms with Gasteiger partial charge in [-0.05, 0) is 36.4 Å². The third kappa shape index (κ3) is 4.89. The van der Waals surface area contributed by atoms with Crippen molar-refractivity contribution in [2.45, 2.75) is 0 Å². The Morgan fingerprint density at radius 3 is 2.39 bits per heavy atom. The monoisotopic (exact) mass is 450 g/mol. The van der Waals surface area contributed by atoms with Crippen LogP contribution in [0, 0.1) is 10.1 Å². The lowest BCUT2D eigenvalue weighted by atomic mass is 10.2. The summed E-state index contributed by atoms with van der Waals surface area (Å²) in [5.74, 6) is 1.09. The minimum atomic E-state index is -0.553. The molecule has 2 N–H and O–H groups in total. The fourth-order valence-corrected chi connectivity index (χ4v) is 3.48. The first-order chi connectivity index (χ1) is 16.1. The lowest BCUT2D eigenvalue weighted by molar-refractivity contribution is -0.383. The van der Waals surface area contributed by atoms with E-state index in [4.69, 9.17) is 4.74 Å². The maximum absolute atomic E-state index is 12.4. The van der Waals surface area contributed by atoms with Crippen molar-refractivity contribution < 1.29 is 14.5 Å². The second-order valence-electron chi connectivity index (χ2n) is 7.12. The fourth-order valence-electron chi connectivity index (χ4n) is 3.48. The third-order valence-corrected chi connectivity index (χ3v) is 5.18. The molecule has 0 aliphatic carbocycles. The summed E-state index contributed by atoms with van der Waals surface area (Å²) in [6.07, 6.45) is 2.96. The molecule has 33 heavy (non-hydrogen) atoms. The second-order valence-corrected chi connectivity index (χ2v) is 7.12. The molecule has 1 saturated heterocycles. The highest BCUT2D eigenvalue weighted by Gasteiger charge is 2.29. The van der Waals surface area contributed by atoms with Gasteiger partial charge in [-0.25, -0.2) is 15.0 Å². The van der Waals surface area contributed by atoms with Gasteiger partial charge in [0.15, 0.2) is 0 Å². The molecule has 1 amide bonds. The normalized spacial score (nSPS) is 13.4. The zero-order valence-corrected chi connectivity index (χ0v) is 17.8. The summed E-state index contributed by atoms with van der Waals surface area (Å²) in [6, 6.07) is 12.1. The van der Waals surface area contributed by atoms with Gasteiger partial charge in [-0.1, -0.05) is 6.07 Å². The van der Waals surface area contributed by atoms with Gasteiger partial charge >= 0.3 is 5.69 Å². The number of ether oxygens (including phenoxy) is 1. The number of aromatic nitrogens is 3. The number of methoxy groups -OCH3 is 1. The Morgan fingerprint density at radius 2 is 1.76 bits per heavy atom. The number of hydrogen-bond donors (Lipinski definition) is 2. The Bertz CT molecular complexity index is 1120. The number of carbonyl (C=O) groups excluding carboxylic acids is 1. The number of nitro groups is 1. The van der Waals surface area contributed by atoms with E-state index in [2.05, 4.69) is 30.7 Å². The van der Waals surface area contributed by atoms with E-state index in [-0.39, 0.29) is 17.3 Å². The standard InChI is InChI=1S/C21H22N8O4/c1-33-16-7-5-15(6-8-16)21(30)26-25-19-18(29(31)32)20(24-14-23-19)28-12-10-27(11-13-28)17-4-2-3-9-22-17/h2-9,14H,10-13H2,1H3,(H,26,30)(H,23,24,25). The van der Waals surface area contributed by atoms with Gasteiger partial charge in [0.2, 0.25) is 11.6 Å². The molecule has 0 radical (unpaired) electrons. The quantitative estimate of drug-likeness (QED) is 0.405. The van der Waals surface area contributed by atoms with E-state index >= 15 is 0 Å². The van der Waals surface area contributed by atoms with Gasteiger partial charge in [0.1, 0.15) is 17.9 Å². The number of hydrogen-bond acceptors (Lipinski definition) is 10. The molecule has 1 fully saturated rings. The number of pyridine rings is 1. The smallest absolute Gasteiger partial charge is 0.355 e. The first-order valence-corrected chi connectivity index (χ1v) is 10.2. The highest BCUT2D eigenvalue weighted by Crippen LogP contribution is 2.32. The molecule has 12 heteroatoms. The summed E-state index contributed by atoms with van der Waals surface area (Å²) in [7, 11) is 1.53. The first-order valence-electron chi connectivity index (χ1n) is 10.2. The highest BCUT2D eigenvalue weighted by atomic mass is 16.6. The number of benzene rings is 1. The van der Waals surface area contributed by atoms with Crippen molar-refractivity contribution in [3.05, 3.63) is 70.7 Å². The maximum atomic E-state index is 12.4. The van der Waals surface area contributed by atoms with E-state index in [0.29, 0.717) is 37.5 Å². The van der Waals surface area contributed by atoms with Crippen LogP contribution in [0.5, 0.6) is 5.75 Å². The molecule has 1 aliphatic heterocycles. The van der Waals surface area contributed by atoms with E-state index in [1.807, 2.05) is 23.1 Å². The molecular formula is C21H22N8O4. The van der Waals surface area contributed by atoms with Crippen molar-refractivity contribution in [3.63, 3.8) is 0 Å². The van der Waals surface area contributed by atoms with Crippen molar-refractivity contribution in [2.24, 2.45) is 0 Å². The van der Waals surface area contributed by atoms with Gasteiger partial charge in [-0.3, -0.25) is 25.8 Å². The lowest BCUT2D eigenvalue weighted by Gasteiger charge is -2.35. The molecule has 1 aliphatic rings. The number of nitrogens with zero attached hydrogens (tertiary/aromatic N) is 6. The van der Waals surface area contributed by atoms with E-state index in [1.165, 1.54) is 13.4 Å². The molecule has 0 bridgehead atoms. The summed E-state index contributed by atoms with van der Waals surface area (Å²) in [5, 5.41) is 11.9. The van der Waals surface area contributed by atoms with Crippen LogP contribution in [0.1, 0.15) is 10.4 Å². The Morgan fingerprint density at radius 1 is 1.03 bits per heavy atom. The largest absolute Gasteiger partial charge is 0.497 e. The summed E-state index contributed by atoms with van der Waals surface area (Å²) >= 11 is 0. The Labute approximate surface area is 189 Å². The van der Waals surface area contributed by atoms with Crippen molar-refractivity contribution in [1.29, 1.82) is 0 Å². The lowest BCUT2D eigenvalue weighted by Crippen LogP contribution is -2.47. The summed E-state index contributed by atoms with van der Waals surface area (Å²) in [4.78, 5) is 40.1. The fraction of sp³-hybridized carbons (Fsp3) is 0.238. The average molecular weight is 450 g/mol. The van der Waals surface area contributed by atoms with Gasteiger partial charge in [0, 0.05) is 37.9 Å². The molecule has 12 nitrogen and oxygen atoms in total. The molecule has 170 valence electrons. The minimum absolute atomic E-state index is 0.0981. The Kier molecular flexibility index (Phi) is 6.43. The number of anilines is 3. The van der Waals surface area contributed by atoms with Crippen LogP contribution in [-0.4, -0.2) is 59.1 Å². The van der Waals surface area contributed by atoms with Crippen LogP contribution in [0.3, 0.4) is 0 Å². The van der Waals surface area contributed by atoms with E-state index < -0.39 is 10.8 Å². The molecule has 0 saturated carbocycles. The van der Waals surface area contributed by atoms with Gasteiger partial charge in [-0.15, -0.1) is 0 Å². The van der Waals surface area contributed by atoms with Crippen LogP contribution in [0.25, 0.3) is 0 Å². The summed E-state index contributed by atoms with van der Waals surface area (Å²) in [6.45, 7) is 2.31. The number of amides is 1. The molecule has 0 spiro atoms. The van der Waals surface area contributed by atoms with Crippen LogP contribution >= 0.6 is 0 Å². The molecule has 1 aromatic carbocycles. The number of piperazine rings is 1. The van der Waals surface area contributed by atoms with Crippen molar-refractivity contribution >= 4 is 29.0 Å². The molecule has 3 aromatic rings. The average Bonchev–Trinajstić information content (AvgIpc) is 2.87. The summed E-state index contributed by atoms with van der Waals surface area (Å²) in [5.41, 5.74) is 5.06. The summed E-state index contributed by atoms with van der Waals surface area (Å²) < 4.78 is 5.07. The molecule has 3 heterocycles. The van der Waals surface area contributed by atoms with E-state index in [0.717, 1.165) is 5.82 Å². The van der Waals surface area contributed by atoms with Crippen molar-refractivity contribution in [2.75, 3.05) is 48.5 Å². The number of nitrogens with one attached hydrogen (secondary N) is 2. The minimum Gasteiger partial charge on any atom is -0.497 e. The Balaban J connectivity index is 1.47. The molecule has 0 unspecified atom stereocenters. The maximum Gasteiger partial charge on any atom is 0.355 e. The van der Waals surface area contributed by atoms with Gasteiger partial charge in [0.05, 0.1) is 12.0 Å². The van der Waals surface area contributed by atoms with Crippen LogP contribution in [-0.2, 0) is 0 Å². The number of rotatable bonds is 7. The van der Waals surface area contributed by atoms with Gasteiger partial charge < -0.3 is 14.5 Å². The number of carbonyl (C=O) groups is 1. The molecule has 2 aromatic heterocycles. The third-order valence-electron chi connectivity index (χ3n) is 5.18. The van der Waals surface area contributed by atoms with Crippen LogP contribution in [0.4, 0.5) is 23.1 Å². The highest BCUT2D eigenvalue weighted by molar-refractivity contribution is 5.95. The van der Waals surface area contributed by atoms with Gasteiger partial charge in [-0.2, -0.15) is 0 Å². The first kappa shape index (κ1) is 21.7.